The molecule has 0 aliphatic carbocycles. The number of anilines is 1. The molecule has 0 radical (unpaired) electrons. The Morgan fingerprint density at radius 2 is 1.85 bits per heavy atom. The molecule has 0 saturated carbocycles. The molecule has 4 rings (SSSR count). The van der Waals surface area contributed by atoms with Gasteiger partial charge in [-0.2, -0.15) is 4.68 Å². The number of quaternary nitrogens is 1. The highest BCUT2D eigenvalue weighted by Crippen LogP contribution is 2.37. The van der Waals surface area contributed by atoms with E-state index in [4.69, 9.17) is 0 Å². The van der Waals surface area contributed by atoms with Crippen molar-refractivity contribution in [2.24, 2.45) is 0 Å². The monoisotopic (exact) mass is 384 g/mol. The minimum atomic E-state index is -0.368. The Morgan fingerprint density at radius 3 is 2.59 bits per heavy atom. The molecule has 10 heteroatoms. The number of hydrogen-bond donors (Lipinski definition) is 1. The molecule has 27 heavy (non-hydrogen) atoms. The van der Waals surface area contributed by atoms with Crippen LogP contribution >= 0.6 is 11.8 Å². The Hall–Kier alpha value is -2.98. The molecule has 1 aliphatic heterocycles. The van der Waals surface area contributed by atoms with Crippen molar-refractivity contribution < 1.29 is 10.2 Å². The molecule has 1 saturated heterocycles. The number of aromatic nitrogens is 4. The van der Waals surface area contributed by atoms with Crippen molar-refractivity contribution in [1.82, 2.24) is 20.2 Å². The largest absolute Gasteiger partial charge is 0.360 e. The summed E-state index contributed by atoms with van der Waals surface area (Å²) in [7, 11) is 0. The molecule has 0 amide bonds. The summed E-state index contributed by atoms with van der Waals surface area (Å²) in [6.45, 7) is 3.88. The first-order valence-electron chi connectivity index (χ1n) is 8.59. The third-order valence-electron chi connectivity index (χ3n) is 4.35. The van der Waals surface area contributed by atoms with Crippen molar-refractivity contribution in [3.63, 3.8) is 0 Å². The van der Waals surface area contributed by atoms with Gasteiger partial charge in [0.15, 0.2) is 0 Å². The molecule has 2 aromatic carbocycles. The van der Waals surface area contributed by atoms with Crippen LogP contribution in [0.5, 0.6) is 0 Å². The summed E-state index contributed by atoms with van der Waals surface area (Å²) in [6, 6.07) is 14.7. The summed E-state index contributed by atoms with van der Waals surface area (Å²) in [5.41, 5.74) is 1.83. The van der Waals surface area contributed by atoms with Gasteiger partial charge in [-0.3, -0.25) is 10.1 Å². The van der Waals surface area contributed by atoms with Gasteiger partial charge in [-0.05, 0) is 46.5 Å². The lowest BCUT2D eigenvalue weighted by molar-refractivity contribution is -0.655. The predicted octanol–water partition coefficient (Wildman–Crippen LogP) is 1.11. The quantitative estimate of drug-likeness (QED) is 0.519. The highest BCUT2D eigenvalue weighted by atomic mass is 32.2. The maximum absolute atomic E-state index is 11.5. The molecule has 0 spiro atoms. The molecule has 1 aromatic heterocycles. The first-order chi connectivity index (χ1) is 13.2. The van der Waals surface area contributed by atoms with Crippen molar-refractivity contribution >= 4 is 23.1 Å². The molecule has 138 valence electrons. The van der Waals surface area contributed by atoms with E-state index in [-0.39, 0.29) is 10.6 Å². The van der Waals surface area contributed by atoms with Gasteiger partial charge in [0.05, 0.1) is 41.7 Å². The van der Waals surface area contributed by atoms with E-state index in [1.807, 2.05) is 42.5 Å². The molecule has 0 unspecified atom stereocenters. The number of piperazine rings is 1. The van der Waals surface area contributed by atoms with Crippen LogP contribution in [0.15, 0.2) is 58.6 Å². The van der Waals surface area contributed by atoms with Crippen molar-refractivity contribution in [3.8, 4) is 5.69 Å². The van der Waals surface area contributed by atoms with Gasteiger partial charge in [-0.25, -0.2) is 0 Å². The number of nitro benzene ring substituents is 1. The number of nitrogens with two attached hydrogens (primary N) is 1. The Morgan fingerprint density at radius 1 is 1.07 bits per heavy atom. The fourth-order valence-electron chi connectivity index (χ4n) is 3.01. The number of para-hydroxylation sites is 1. The Balaban J connectivity index is 1.69. The molecule has 2 N–H and O–H groups in total. The summed E-state index contributed by atoms with van der Waals surface area (Å²) in [4.78, 5) is 13.9. The zero-order chi connectivity index (χ0) is 18.6. The van der Waals surface area contributed by atoms with Gasteiger partial charge in [-0.15, -0.1) is 5.10 Å². The zero-order valence-corrected chi connectivity index (χ0v) is 15.2. The van der Waals surface area contributed by atoms with E-state index < -0.39 is 0 Å². The lowest BCUT2D eigenvalue weighted by Gasteiger charge is -2.27. The average molecular weight is 384 g/mol. The molecule has 1 fully saturated rings. The predicted molar refractivity (Wildman–Crippen MR) is 100 cm³/mol. The van der Waals surface area contributed by atoms with Gasteiger partial charge in [0.2, 0.25) is 5.16 Å². The zero-order valence-electron chi connectivity index (χ0n) is 14.4. The number of rotatable bonds is 5. The van der Waals surface area contributed by atoms with Gasteiger partial charge in [0.25, 0.3) is 5.69 Å². The van der Waals surface area contributed by atoms with Crippen molar-refractivity contribution in [3.05, 3.63) is 58.6 Å². The third kappa shape index (κ3) is 3.76. The number of nitro groups is 1. The fourth-order valence-corrected chi connectivity index (χ4v) is 3.94. The van der Waals surface area contributed by atoms with Gasteiger partial charge < -0.3 is 10.2 Å². The summed E-state index contributed by atoms with van der Waals surface area (Å²) >= 11 is 1.20. The number of tetrazole rings is 1. The number of benzene rings is 2. The smallest absolute Gasteiger partial charge is 0.283 e. The molecule has 0 atom stereocenters. The van der Waals surface area contributed by atoms with Gasteiger partial charge >= 0.3 is 0 Å². The third-order valence-corrected chi connectivity index (χ3v) is 5.34. The Labute approximate surface area is 159 Å². The van der Waals surface area contributed by atoms with Crippen LogP contribution in [-0.4, -0.2) is 51.3 Å². The summed E-state index contributed by atoms with van der Waals surface area (Å²) in [5.74, 6) is 0. The minimum Gasteiger partial charge on any atom is -0.360 e. The first-order valence-corrected chi connectivity index (χ1v) is 9.41. The lowest BCUT2D eigenvalue weighted by Crippen LogP contribution is -2.89. The SMILES string of the molecule is O=[N+]([O-])c1ccc(N2CC[NH2+]CC2)cc1Sc1nnnn1-c1ccccc1. The van der Waals surface area contributed by atoms with Crippen LogP contribution < -0.4 is 10.2 Å². The fraction of sp³-hybridized carbons (Fsp3) is 0.235. The molecule has 2 heterocycles. The van der Waals surface area contributed by atoms with Crippen LogP contribution in [0.3, 0.4) is 0 Å². The van der Waals surface area contributed by atoms with E-state index >= 15 is 0 Å². The standard InChI is InChI=1S/C17H17N7O2S/c25-24(26)15-7-6-14(22-10-8-18-9-11-22)12-16(15)27-17-19-20-21-23(17)13-4-2-1-3-5-13/h1-7,12,18H,8-11H2/p+1. The highest BCUT2D eigenvalue weighted by molar-refractivity contribution is 7.99. The number of nitrogens with zero attached hydrogens (tertiary/aromatic N) is 6. The average Bonchev–Trinajstić information content (AvgIpc) is 3.17. The summed E-state index contributed by atoms with van der Waals surface area (Å²) in [6.07, 6.45) is 0. The lowest BCUT2D eigenvalue weighted by atomic mass is 10.2. The second kappa shape index (κ2) is 7.72. The molecular weight excluding hydrogens is 366 g/mol. The van der Waals surface area contributed by atoms with E-state index in [0.717, 1.165) is 37.6 Å². The maximum atomic E-state index is 11.5. The summed E-state index contributed by atoms with van der Waals surface area (Å²) < 4.78 is 1.58. The van der Waals surface area contributed by atoms with Crippen LogP contribution in [-0.2, 0) is 0 Å². The number of hydrogen-bond acceptors (Lipinski definition) is 7. The van der Waals surface area contributed by atoms with Crippen LogP contribution in [0.25, 0.3) is 5.69 Å². The van der Waals surface area contributed by atoms with Crippen molar-refractivity contribution in [1.29, 1.82) is 0 Å². The summed E-state index contributed by atoms with van der Waals surface area (Å²) in [5, 5.41) is 26.1. The first kappa shape index (κ1) is 17.4. The van der Waals surface area contributed by atoms with Crippen LogP contribution in [0.1, 0.15) is 0 Å². The van der Waals surface area contributed by atoms with Gasteiger partial charge in [0, 0.05) is 11.8 Å². The second-order valence-electron chi connectivity index (χ2n) is 6.07. The van der Waals surface area contributed by atoms with E-state index in [9.17, 15) is 10.1 Å². The molecule has 0 bridgehead atoms. The van der Waals surface area contributed by atoms with Crippen LogP contribution in [0.4, 0.5) is 11.4 Å². The topological polar surface area (TPSA) is 107 Å². The van der Waals surface area contributed by atoms with Crippen LogP contribution in [0.2, 0.25) is 0 Å². The normalized spacial score (nSPS) is 14.3. The van der Waals surface area contributed by atoms with Crippen molar-refractivity contribution in [2.45, 2.75) is 10.1 Å². The van der Waals surface area contributed by atoms with E-state index in [1.165, 1.54) is 11.8 Å². The highest BCUT2D eigenvalue weighted by Gasteiger charge is 2.22. The van der Waals surface area contributed by atoms with Crippen molar-refractivity contribution in [2.75, 3.05) is 31.1 Å². The molecule has 9 nitrogen and oxygen atoms in total. The second-order valence-corrected chi connectivity index (χ2v) is 7.08. The molecule has 3 aromatic rings. The Kier molecular flexibility index (Phi) is 4.99. The minimum absolute atomic E-state index is 0.0509. The van der Waals surface area contributed by atoms with Gasteiger partial charge in [0.1, 0.15) is 0 Å². The van der Waals surface area contributed by atoms with Gasteiger partial charge in [-0.1, -0.05) is 18.2 Å². The van der Waals surface area contributed by atoms with Crippen LogP contribution in [0, 0.1) is 10.1 Å². The van der Waals surface area contributed by atoms with E-state index in [2.05, 4.69) is 25.7 Å². The van der Waals surface area contributed by atoms with E-state index in [0.29, 0.717) is 10.1 Å². The maximum Gasteiger partial charge on any atom is 0.283 e. The Bertz CT molecular complexity index is 941. The molecular formula is C17H18N7O2S+. The van der Waals surface area contributed by atoms with E-state index in [1.54, 1.807) is 10.7 Å². The molecule has 1 aliphatic rings.